The summed E-state index contributed by atoms with van der Waals surface area (Å²) in [6, 6.07) is 6.58. The number of carbonyl (C=O) groups excluding carboxylic acids is 1. The minimum Gasteiger partial charge on any atom is -0.360 e. The molecule has 1 aromatic heterocycles. The van der Waals surface area contributed by atoms with Crippen molar-refractivity contribution in [2.45, 2.75) is 13.8 Å². The second kappa shape index (κ2) is 6.78. The van der Waals surface area contributed by atoms with Crippen LogP contribution in [0.5, 0.6) is 0 Å². The maximum atomic E-state index is 13.1. The number of hydrogen-bond acceptors (Lipinski definition) is 5. The van der Waals surface area contributed by atoms with Crippen molar-refractivity contribution in [3.8, 4) is 0 Å². The molecule has 0 saturated heterocycles. The molecule has 124 valence electrons. The number of rotatable bonds is 6. The van der Waals surface area contributed by atoms with Crippen LogP contribution in [0, 0.1) is 18.7 Å². The Morgan fingerprint density at radius 3 is 2.74 bits per heavy atom. The van der Waals surface area contributed by atoms with Crippen molar-refractivity contribution in [1.29, 1.82) is 0 Å². The van der Waals surface area contributed by atoms with Crippen molar-refractivity contribution in [3.05, 3.63) is 41.9 Å². The normalized spacial score (nSPS) is 12.7. The summed E-state index contributed by atoms with van der Waals surface area (Å²) in [5, 5.41) is 6.06. The van der Waals surface area contributed by atoms with Gasteiger partial charge in [0.15, 0.2) is 5.82 Å². The number of halogens is 1. The number of carbonyl (C=O) groups is 1. The van der Waals surface area contributed by atoms with Crippen molar-refractivity contribution < 1.29 is 22.1 Å². The monoisotopic (exact) mass is 341 g/mol. The second-order valence-corrected chi connectivity index (χ2v) is 6.87. The number of anilines is 2. The molecule has 0 radical (unpaired) electrons. The van der Waals surface area contributed by atoms with Gasteiger partial charge < -0.3 is 9.84 Å². The SMILES string of the molecule is Cc1cc(NC(=O)C(C)CS(=O)(=O)Nc2cccc(F)c2)no1. The molecule has 1 heterocycles. The number of sulfonamides is 1. The number of aryl methyl sites for hydroxylation is 1. The van der Waals surface area contributed by atoms with Crippen molar-refractivity contribution >= 4 is 27.4 Å². The molecule has 0 aliphatic heterocycles. The van der Waals surface area contributed by atoms with E-state index in [0.29, 0.717) is 5.76 Å². The molecule has 0 aliphatic rings. The fourth-order valence-electron chi connectivity index (χ4n) is 1.85. The molecule has 1 atom stereocenters. The van der Waals surface area contributed by atoms with Gasteiger partial charge in [-0.2, -0.15) is 0 Å². The van der Waals surface area contributed by atoms with Crippen LogP contribution in [-0.4, -0.2) is 25.2 Å². The summed E-state index contributed by atoms with van der Waals surface area (Å²) < 4.78 is 44.2. The highest BCUT2D eigenvalue weighted by Crippen LogP contribution is 2.14. The Kier molecular flexibility index (Phi) is 4.99. The van der Waals surface area contributed by atoms with Gasteiger partial charge in [0.2, 0.25) is 15.9 Å². The lowest BCUT2D eigenvalue weighted by Crippen LogP contribution is -2.30. The molecule has 1 unspecified atom stereocenters. The number of nitrogens with one attached hydrogen (secondary N) is 2. The highest BCUT2D eigenvalue weighted by molar-refractivity contribution is 7.92. The van der Waals surface area contributed by atoms with Crippen LogP contribution in [0.4, 0.5) is 15.9 Å². The van der Waals surface area contributed by atoms with Gasteiger partial charge in [-0.15, -0.1) is 0 Å². The third-order valence-electron chi connectivity index (χ3n) is 2.89. The van der Waals surface area contributed by atoms with E-state index in [1.54, 1.807) is 6.92 Å². The van der Waals surface area contributed by atoms with Crippen LogP contribution >= 0.6 is 0 Å². The fourth-order valence-corrected chi connectivity index (χ4v) is 3.23. The van der Waals surface area contributed by atoms with E-state index in [4.69, 9.17) is 4.52 Å². The van der Waals surface area contributed by atoms with Crippen molar-refractivity contribution in [2.24, 2.45) is 5.92 Å². The second-order valence-electron chi connectivity index (χ2n) is 5.11. The predicted octanol–water partition coefficient (Wildman–Crippen LogP) is 2.14. The number of hydrogen-bond donors (Lipinski definition) is 2. The minimum atomic E-state index is -3.80. The maximum absolute atomic E-state index is 13.1. The molecule has 7 nitrogen and oxygen atoms in total. The van der Waals surface area contributed by atoms with Crippen LogP contribution in [-0.2, 0) is 14.8 Å². The van der Waals surface area contributed by atoms with Gasteiger partial charge in [-0.1, -0.05) is 18.1 Å². The summed E-state index contributed by atoms with van der Waals surface area (Å²) in [7, 11) is -3.80. The quantitative estimate of drug-likeness (QED) is 0.838. The molecule has 0 spiro atoms. The topological polar surface area (TPSA) is 101 Å². The lowest BCUT2D eigenvalue weighted by Gasteiger charge is -2.13. The number of amides is 1. The third-order valence-corrected chi connectivity index (χ3v) is 4.38. The van der Waals surface area contributed by atoms with E-state index in [9.17, 15) is 17.6 Å². The summed E-state index contributed by atoms with van der Waals surface area (Å²) >= 11 is 0. The van der Waals surface area contributed by atoms with Gasteiger partial charge in [-0.25, -0.2) is 12.8 Å². The molecule has 2 rings (SSSR count). The van der Waals surface area contributed by atoms with Gasteiger partial charge in [-0.05, 0) is 25.1 Å². The summed E-state index contributed by atoms with van der Waals surface area (Å²) in [4.78, 5) is 12.0. The molecule has 0 saturated carbocycles. The van der Waals surface area contributed by atoms with Gasteiger partial charge >= 0.3 is 0 Å². The van der Waals surface area contributed by atoms with E-state index < -0.39 is 33.4 Å². The van der Waals surface area contributed by atoms with Crippen molar-refractivity contribution in [3.63, 3.8) is 0 Å². The predicted molar refractivity (Wildman–Crippen MR) is 82.8 cm³/mol. The summed E-state index contributed by atoms with van der Waals surface area (Å²) in [5.41, 5.74) is 0.102. The van der Waals surface area contributed by atoms with E-state index >= 15 is 0 Å². The average molecular weight is 341 g/mol. The summed E-state index contributed by atoms with van der Waals surface area (Å²) in [5.74, 6) is -1.62. The first-order valence-electron chi connectivity index (χ1n) is 6.75. The Hall–Kier alpha value is -2.42. The number of benzene rings is 1. The van der Waals surface area contributed by atoms with Gasteiger partial charge in [0.1, 0.15) is 11.6 Å². The van der Waals surface area contributed by atoms with E-state index in [0.717, 1.165) is 6.07 Å². The Bertz CT molecular complexity index is 804. The van der Waals surface area contributed by atoms with Gasteiger partial charge in [-0.3, -0.25) is 9.52 Å². The van der Waals surface area contributed by atoms with E-state index in [-0.39, 0.29) is 11.5 Å². The molecule has 0 bridgehead atoms. The Morgan fingerprint density at radius 2 is 2.13 bits per heavy atom. The van der Waals surface area contributed by atoms with Crippen molar-refractivity contribution in [1.82, 2.24) is 5.16 Å². The van der Waals surface area contributed by atoms with Crippen LogP contribution in [0.2, 0.25) is 0 Å². The maximum Gasteiger partial charge on any atom is 0.233 e. The molecule has 1 amide bonds. The molecule has 23 heavy (non-hydrogen) atoms. The first-order valence-corrected chi connectivity index (χ1v) is 8.40. The van der Waals surface area contributed by atoms with Gasteiger partial charge in [0.25, 0.3) is 0 Å². The Morgan fingerprint density at radius 1 is 1.39 bits per heavy atom. The van der Waals surface area contributed by atoms with Crippen LogP contribution in [0.15, 0.2) is 34.9 Å². The molecule has 9 heteroatoms. The zero-order valence-corrected chi connectivity index (χ0v) is 13.4. The molecule has 1 aromatic carbocycles. The first kappa shape index (κ1) is 16.9. The lowest BCUT2D eigenvalue weighted by atomic mass is 10.2. The van der Waals surface area contributed by atoms with Gasteiger partial charge in [0.05, 0.1) is 17.4 Å². The molecular formula is C14H16FN3O4S. The average Bonchev–Trinajstić information content (AvgIpc) is 2.82. The largest absolute Gasteiger partial charge is 0.360 e. The third kappa shape index (κ3) is 5.06. The highest BCUT2D eigenvalue weighted by Gasteiger charge is 2.22. The molecular weight excluding hydrogens is 325 g/mol. The first-order chi connectivity index (χ1) is 10.7. The van der Waals surface area contributed by atoms with Crippen LogP contribution in [0.1, 0.15) is 12.7 Å². The van der Waals surface area contributed by atoms with E-state index in [2.05, 4.69) is 15.2 Å². The Balaban J connectivity index is 1.97. The molecule has 2 aromatic rings. The van der Waals surface area contributed by atoms with Crippen LogP contribution in [0.3, 0.4) is 0 Å². The van der Waals surface area contributed by atoms with Gasteiger partial charge in [0, 0.05) is 6.07 Å². The minimum absolute atomic E-state index is 0.102. The zero-order chi connectivity index (χ0) is 17.0. The number of aromatic nitrogens is 1. The van der Waals surface area contributed by atoms with Crippen molar-refractivity contribution in [2.75, 3.05) is 15.8 Å². The molecule has 2 N–H and O–H groups in total. The van der Waals surface area contributed by atoms with E-state index in [1.807, 2.05) is 0 Å². The van der Waals surface area contributed by atoms with Crippen LogP contribution < -0.4 is 10.0 Å². The molecule has 0 aliphatic carbocycles. The molecule has 0 fully saturated rings. The Labute approximate surface area is 132 Å². The highest BCUT2D eigenvalue weighted by atomic mass is 32.2. The summed E-state index contributed by atoms with van der Waals surface area (Å²) in [6.07, 6.45) is 0. The summed E-state index contributed by atoms with van der Waals surface area (Å²) in [6.45, 7) is 3.13. The smallest absolute Gasteiger partial charge is 0.233 e. The fraction of sp³-hybridized carbons (Fsp3) is 0.286. The van der Waals surface area contributed by atoms with Crippen LogP contribution in [0.25, 0.3) is 0 Å². The number of nitrogens with zero attached hydrogens (tertiary/aromatic N) is 1. The lowest BCUT2D eigenvalue weighted by molar-refractivity contribution is -0.118. The van der Waals surface area contributed by atoms with E-state index in [1.165, 1.54) is 31.2 Å². The zero-order valence-electron chi connectivity index (χ0n) is 12.5. The standard InChI is InChI=1S/C14H16FN3O4S/c1-9(14(19)16-13-6-10(2)22-17-13)8-23(20,21)18-12-5-3-4-11(15)7-12/h3-7,9,18H,8H2,1-2H3,(H,16,17,19).